The van der Waals surface area contributed by atoms with Gasteiger partial charge < -0.3 is 15.5 Å². The van der Waals surface area contributed by atoms with Gasteiger partial charge in [-0.3, -0.25) is 4.90 Å². The number of nitrogens with zero attached hydrogens (tertiary/aromatic N) is 2. The molecule has 122 valence electrons. The Bertz CT molecular complexity index is 520. The van der Waals surface area contributed by atoms with Crippen LogP contribution in [-0.4, -0.2) is 60.7 Å². The lowest BCUT2D eigenvalue weighted by Gasteiger charge is -2.36. The normalized spacial score (nSPS) is 18.0. The summed E-state index contributed by atoms with van der Waals surface area (Å²) in [4.78, 5) is 4.78. The molecule has 1 heterocycles. The summed E-state index contributed by atoms with van der Waals surface area (Å²) in [6.07, 6.45) is 0. The highest BCUT2D eigenvalue weighted by atomic mass is 35.5. The number of nitrogens with one attached hydrogen (secondary N) is 2. The summed E-state index contributed by atoms with van der Waals surface area (Å²) in [7, 11) is 2.15. The Morgan fingerprint density at radius 1 is 1.36 bits per heavy atom. The highest BCUT2D eigenvalue weighted by molar-refractivity contribution is 7.80. The van der Waals surface area contributed by atoms with Crippen LogP contribution in [0.4, 0.5) is 10.1 Å². The standard InChI is InChI=1S/C15H22ClFN4S/c1-11(21-7-5-20(2)6-8-21)10-18-15(22)19-12-3-4-14(17)13(16)9-12/h3-4,9,11H,5-8,10H2,1-2H3,(H2,18,19,22). The molecule has 1 saturated heterocycles. The highest BCUT2D eigenvalue weighted by Crippen LogP contribution is 2.19. The number of anilines is 1. The summed E-state index contributed by atoms with van der Waals surface area (Å²) >= 11 is 11.0. The van der Waals surface area contributed by atoms with Gasteiger partial charge in [-0.05, 0) is 44.4 Å². The SMILES string of the molecule is CC(CNC(=S)Nc1ccc(F)c(Cl)c1)N1CCN(C)CC1. The molecular weight excluding hydrogens is 323 g/mol. The quantitative estimate of drug-likeness (QED) is 0.819. The summed E-state index contributed by atoms with van der Waals surface area (Å²) in [6, 6.07) is 4.86. The van der Waals surface area contributed by atoms with E-state index in [4.69, 9.17) is 23.8 Å². The zero-order valence-corrected chi connectivity index (χ0v) is 14.5. The fourth-order valence-electron chi connectivity index (χ4n) is 2.38. The van der Waals surface area contributed by atoms with Crippen molar-refractivity contribution in [2.75, 3.05) is 45.1 Å². The molecule has 7 heteroatoms. The number of halogens is 2. The Morgan fingerprint density at radius 2 is 2.05 bits per heavy atom. The van der Waals surface area contributed by atoms with Gasteiger partial charge in [-0.15, -0.1) is 0 Å². The van der Waals surface area contributed by atoms with Gasteiger partial charge in [0.15, 0.2) is 5.11 Å². The third-order valence-electron chi connectivity index (χ3n) is 3.90. The summed E-state index contributed by atoms with van der Waals surface area (Å²) in [5, 5.41) is 6.82. The smallest absolute Gasteiger partial charge is 0.170 e. The van der Waals surface area contributed by atoms with E-state index >= 15 is 0 Å². The van der Waals surface area contributed by atoms with E-state index < -0.39 is 5.82 Å². The monoisotopic (exact) mass is 344 g/mol. The van der Waals surface area contributed by atoms with Crippen molar-refractivity contribution < 1.29 is 4.39 Å². The lowest BCUT2D eigenvalue weighted by Crippen LogP contribution is -2.51. The molecule has 1 aliphatic heterocycles. The van der Waals surface area contributed by atoms with Crippen LogP contribution < -0.4 is 10.6 Å². The predicted octanol–water partition coefficient (Wildman–Crippen LogP) is 2.40. The van der Waals surface area contributed by atoms with Crippen molar-refractivity contribution in [3.05, 3.63) is 29.0 Å². The van der Waals surface area contributed by atoms with Gasteiger partial charge in [-0.2, -0.15) is 0 Å². The minimum Gasteiger partial charge on any atom is -0.361 e. The molecule has 4 nitrogen and oxygen atoms in total. The van der Waals surface area contributed by atoms with E-state index in [-0.39, 0.29) is 5.02 Å². The number of hydrogen-bond donors (Lipinski definition) is 2. The van der Waals surface area contributed by atoms with Gasteiger partial charge in [0.25, 0.3) is 0 Å². The molecular formula is C15H22ClFN4S. The zero-order valence-electron chi connectivity index (χ0n) is 12.9. The number of rotatable bonds is 4. The largest absolute Gasteiger partial charge is 0.361 e. The Kier molecular flexibility index (Phi) is 6.37. The second-order valence-corrected chi connectivity index (χ2v) is 6.47. The molecule has 0 amide bonds. The van der Waals surface area contributed by atoms with Gasteiger partial charge in [0.05, 0.1) is 5.02 Å². The molecule has 1 aromatic carbocycles. The van der Waals surface area contributed by atoms with Crippen molar-refractivity contribution in [1.82, 2.24) is 15.1 Å². The number of thiocarbonyl (C=S) groups is 1. The number of likely N-dealkylation sites (N-methyl/N-ethyl adjacent to an activating group) is 1. The van der Waals surface area contributed by atoms with E-state index in [1.54, 1.807) is 6.07 Å². The van der Waals surface area contributed by atoms with Crippen LogP contribution in [0.1, 0.15) is 6.92 Å². The average molecular weight is 345 g/mol. The first-order chi connectivity index (χ1) is 10.5. The minimum atomic E-state index is -0.435. The van der Waals surface area contributed by atoms with Crippen LogP contribution in [0.5, 0.6) is 0 Å². The number of benzene rings is 1. The van der Waals surface area contributed by atoms with Crippen LogP contribution in [0.3, 0.4) is 0 Å². The third-order valence-corrected chi connectivity index (χ3v) is 4.43. The molecule has 0 aromatic heterocycles. The average Bonchev–Trinajstić information content (AvgIpc) is 2.49. The van der Waals surface area contributed by atoms with E-state index in [9.17, 15) is 4.39 Å². The third kappa shape index (κ3) is 5.05. The van der Waals surface area contributed by atoms with Gasteiger partial charge >= 0.3 is 0 Å². The van der Waals surface area contributed by atoms with Gasteiger partial charge in [0, 0.05) is 44.5 Å². The lowest BCUT2D eigenvalue weighted by molar-refractivity contribution is 0.120. The molecule has 0 saturated carbocycles. The van der Waals surface area contributed by atoms with Crippen LogP contribution >= 0.6 is 23.8 Å². The van der Waals surface area contributed by atoms with Gasteiger partial charge in [-0.1, -0.05) is 11.6 Å². The van der Waals surface area contributed by atoms with Gasteiger partial charge in [0.2, 0.25) is 0 Å². The van der Waals surface area contributed by atoms with Crippen LogP contribution in [0.2, 0.25) is 5.02 Å². The molecule has 2 rings (SSSR count). The maximum atomic E-state index is 13.1. The molecule has 1 fully saturated rings. The topological polar surface area (TPSA) is 30.5 Å². The Morgan fingerprint density at radius 3 is 2.68 bits per heavy atom. The molecule has 1 aromatic rings. The molecule has 0 radical (unpaired) electrons. The summed E-state index contributed by atoms with van der Waals surface area (Å²) < 4.78 is 13.1. The molecule has 0 aliphatic carbocycles. The number of piperazine rings is 1. The molecule has 1 unspecified atom stereocenters. The molecule has 1 atom stereocenters. The Hall–Kier alpha value is -0.950. The van der Waals surface area contributed by atoms with Crippen LogP contribution in [0.25, 0.3) is 0 Å². The summed E-state index contributed by atoms with van der Waals surface area (Å²) in [6.45, 7) is 7.31. The molecule has 0 spiro atoms. The van der Waals surface area contributed by atoms with Crippen molar-refractivity contribution in [1.29, 1.82) is 0 Å². The van der Waals surface area contributed by atoms with Crippen molar-refractivity contribution in [3.63, 3.8) is 0 Å². The van der Waals surface area contributed by atoms with E-state index in [0.717, 1.165) is 32.7 Å². The first-order valence-corrected chi connectivity index (χ1v) is 8.17. The first-order valence-electron chi connectivity index (χ1n) is 7.38. The van der Waals surface area contributed by atoms with Crippen LogP contribution in [-0.2, 0) is 0 Å². The van der Waals surface area contributed by atoms with E-state index in [1.807, 2.05) is 0 Å². The predicted molar refractivity (Wildman–Crippen MR) is 94.2 cm³/mol. The van der Waals surface area contributed by atoms with Crippen molar-refractivity contribution >= 4 is 34.6 Å². The van der Waals surface area contributed by atoms with Gasteiger partial charge in [0.1, 0.15) is 5.82 Å². The second kappa shape index (κ2) is 8.06. The zero-order chi connectivity index (χ0) is 16.1. The minimum absolute atomic E-state index is 0.0820. The van der Waals surface area contributed by atoms with E-state index in [0.29, 0.717) is 16.8 Å². The molecule has 0 bridgehead atoms. The molecule has 2 N–H and O–H groups in total. The van der Waals surface area contributed by atoms with Crippen molar-refractivity contribution in [2.24, 2.45) is 0 Å². The summed E-state index contributed by atoms with van der Waals surface area (Å²) in [5.74, 6) is -0.435. The maximum Gasteiger partial charge on any atom is 0.170 e. The highest BCUT2D eigenvalue weighted by Gasteiger charge is 2.18. The number of hydrogen-bond acceptors (Lipinski definition) is 3. The van der Waals surface area contributed by atoms with Crippen LogP contribution in [0.15, 0.2) is 18.2 Å². The van der Waals surface area contributed by atoms with Crippen molar-refractivity contribution in [2.45, 2.75) is 13.0 Å². The fourth-order valence-corrected chi connectivity index (χ4v) is 2.76. The first kappa shape index (κ1) is 17.4. The lowest BCUT2D eigenvalue weighted by atomic mass is 10.2. The molecule has 1 aliphatic rings. The molecule has 22 heavy (non-hydrogen) atoms. The van der Waals surface area contributed by atoms with E-state index in [2.05, 4.69) is 34.4 Å². The Labute approximate surface area is 141 Å². The van der Waals surface area contributed by atoms with E-state index in [1.165, 1.54) is 12.1 Å². The fraction of sp³-hybridized carbons (Fsp3) is 0.533. The van der Waals surface area contributed by atoms with Crippen LogP contribution in [0, 0.1) is 5.82 Å². The second-order valence-electron chi connectivity index (χ2n) is 5.65. The Balaban J connectivity index is 1.76. The van der Waals surface area contributed by atoms with Gasteiger partial charge in [-0.25, -0.2) is 4.39 Å². The maximum absolute atomic E-state index is 13.1. The van der Waals surface area contributed by atoms with Crippen molar-refractivity contribution in [3.8, 4) is 0 Å². The summed E-state index contributed by atoms with van der Waals surface area (Å²) in [5.41, 5.74) is 0.677.